The Morgan fingerprint density at radius 1 is 1.55 bits per heavy atom. The molecule has 110 valence electrons. The molecule has 0 saturated heterocycles. The summed E-state index contributed by atoms with van der Waals surface area (Å²) < 4.78 is 1.03. The Hall–Kier alpha value is -0.920. The number of fused-ring (bicyclic) bond motifs is 1. The van der Waals surface area contributed by atoms with Crippen LogP contribution < -0.4 is 5.43 Å². The van der Waals surface area contributed by atoms with Crippen LogP contribution in [0.15, 0.2) is 14.5 Å². The van der Waals surface area contributed by atoms with E-state index in [1.807, 2.05) is 20.1 Å². The van der Waals surface area contributed by atoms with Gasteiger partial charge in [0, 0.05) is 5.56 Å². The van der Waals surface area contributed by atoms with Gasteiger partial charge in [0.05, 0.1) is 21.2 Å². The first-order valence-electron chi connectivity index (χ1n) is 6.62. The van der Waals surface area contributed by atoms with Crippen molar-refractivity contribution in [3.8, 4) is 0 Å². The lowest BCUT2D eigenvalue weighted by atomic mass is 9.91. The van der Waals surface area contributed by atoms with Crippen molar-refractivity contribution in [3.05, 3.63) is 16.0 Å². The molecule has 1 aromatic rings. The Morgan fingerprint density at radius 2 is 2.30 bits per heavy atom. The SMILES string of the molecule is CSc1sc(C(=O)NN=NC(C)C)c2c1[C@@H](O)CCC2. The number of nitrogens with one attached hydrogen (secondary N) is 1. The van der Waals surface area contributed by atoms with E-state index in [1.165, 1.54) is 11.3 Å². The van der Waals surface area contributed by atoms with Crippen molar-refractivity contribution >= 4 is 29.0 Å². The number of thioether (sulfide) groups is 1. The molecule has 0 bridgehead atoms. The number of hydrogen-bond acceptors (Lipinski definition) is 6. The summed E-state index contributed by atoms with van der Waals surface area (Å²) in [5, 5.41) is 17.7. The fourth-order valence-corrected chi connectivity index (χ4v) is 4.32. The highest BCUT2D eigenvalue weighted by molar-refractivity contribution is 8.00. The first-order valence-corrected chi connectivity index (χ1v) is 8.66. The van der Waals surface area contributed by atoms with E-state index in [0.717, 1.165) is 34.6 Å². The minimum absolute atomic E-state index is 0.0520. The number of carbonyl (C=O) groups excluding carboxylic acids is 1. The van der Waals surface area contributed by atoms with Crippen LogP contribution in [0.25, 0.3) is 0 Å². The van der Waals surface area contributed by atoms with Crippen molar-refractivity contribution in [2.24, 2.45) is 10.3 Å². The fourth-order valence-electron chi connectivity index (χ4n) is 2.23. The Morgan fingerprint density at radius 3 is 2.95 bits per heavy atom. The molecule has 5 nitrogen and oxygen atoms in total. The summed E-state index contributed by atoms with van der Waals surface area (Å²) in [5.74, 6) is -0.231. The van der Waals surface area contributed by atoms with Crippen LogP contribution in [-0.2, 0) is 6.42 Å². The van der Waals surface area contributed by atoms with Crippen LogP contribution in [-0.4, -0.2) is 23.3 Å². The molecular formula is C13H19N3O2S2. The first-order chi connectivity index (χ1) is 9.54. The second-order valence-electron chi connectivity index (χ2n) is 4.97. The molecule has 0 fully saturated rings. The van der Waals surface area contributed by atoms with Gasteiger partial charge in [0.15, 0.2) is 0 Å². The molecule has 0 aromatic carbocycles. The summed E-state index contributed by atoms with van der Waals surface area (Å²) >= 11 is 3.01. The molecule has 2 N–H and O–H groups in total. The zero-order valence-electron chi connectivity index (χ0n) is 11.8. The van der Waals surface area contributed by atoms with Crippen LogP contribution in [0.1, 0.15) is 53.6 Å². The second-order valence-corrected chi connectivity index (χ2v) is 7.07. The maximum atomic E-state index is 12.2. The van der Waals surface area contributed by atoms with Gasteiger partial charge in [-0.05, 0) is 44.9 Å². The number of rotatable bonds is 4. The summed E-state index contributed by atoms with van der Waals surface area (Å²) in [6.45, 7) is 3.79. The normalized spacial score (nSPS) is 18.6. The van der Waals surface area contributed by atoms with Crippen molar-refractivity contribution in [2.45, 2.75) is 49.5 Å². The smallest absolute Gasteiger partial charge is 0.283 e. The second kappa shape index (κ2) is 6.69. The van der Waals surface area contributed by atoms with E-state index in [0.29, 0.717) is 4.88 Å². The number of amides is 1. The van der Waals surface area contributed by atoms with Crippen LogP contribution in [0.3, 0.4) is 0 Å². The number of hydrogen-bond donors (Lipinski definition) is 2. The van der Waals surface area contributed by atoms with Crippen LogP contribution in [0, 0.1) is 0 Å². The number of carbonyl (C=O) groups is 1. The van der Waals surface area contributed by atoms with Gasteiger partial charge in [0.2, 0.25) is 0 Å². The van der Waals surface area contributed by atoms with Gasteiger partial charge in [0.1, 0.15) is 0 Å². The minimum Gasteiger partial charge on any atom is -0.388 e. The van der Waals surface area contributed by atoms with Gasteiger partial charge in [-0.1, -0.05) is 5.22 Å². The quantitative estimate of drug-likeness (QED) is 0.508. The third-order valence-corrected chi connectivity index (χ3v) is 5.47. The van der Waals surface area contributed by atoms with E-state index >= 15 is 0 Å². The maximum absolute atomic E-state index is 12.2. The zero-order chi connectivity index (χ0) is 14.7. The minimum atomic E-state index is -0.448. The number of aliphatic hydroxyl groups is 1. The highest BCUT2D eigenvalue weighted by Gasteiger charge is 2.29. The predicted octanol–water partition coefficient (Wildman–Crippen LogP) is 3.35. The molecule has 2 rings (SSSR count). The number of nitrogens with zero attached hydrogens (tertiary/aromatic N) is 2. The zero-order valence-corrected chi connectivity index (χ0v) is 13.5. The van der Waals surface area contributed by atoms with Gasteiger partial charge in [-0.3, -0.25) is 4.79 Å². The molecular weight excluding hydrogens is 294 g/mol. The molecule has 20 heavy (non-hydrogen) atoms. The molecule has 0 spiro atoms. The van der Waals surface area contributed by atoms with Crippen molar-refractivity contribution in [2.75, 3.05) is 6.26 Å². The van der Waals surface area contributed by atoms with Gasteiger partial charge in [-0.15, -0.1) is 23.1 Å². The summed E-state index contributed by atoms with van der Waals surface area (Å²) in [4.78, 5) is 12.8. The third-order valence-electron chi connectivity index (χ3n) is 3.08. The topological polar surface area (TPSA) is 74.0 Å². The van der Waals surface area contributed by atoms with Gasteiger partial charge in [-0.2, -0.15) is 5.11 Å². The van der Waals surface area contributed by atoms with Gasteiger partial charge in [-0.25, -0.2) is 5.43 Å². The fraction of sp³-hybridized carbons (Fsp3) is 0.615. The van der Waals surface area contributed by atoms with E-state index in [2.05, 4.69) is 15.8 Å². The molecule has 0 saturated carbocycles. The number of aliphatic hydroxyl groups excluding tert-OH is 1. The maximum Gasteiger partial charge on any atom is 0.283 e. The van der Waals surface area contributed by atoms with Crippen molar-refractivity contribution < 1.29 is 9.90 Å². The van der Waals surface area contributed by atoms with Gasteiger partial charge < -0.3 is 5.11 Å². The van der Waals surface area contributed by atoms with Crippen LogP contribution in [0.2, 0.25) is 0 Å². The van der Waals surface area contributed by atoms with Crippen molar-refractivity contribution in [3.63, 3.8) is 0 Å². The predicted molar refractivity (Wildman–Crippen MR) is 81.5 cm³/mol. The average molecular weight is 313 g/mol. The molecule has 7 heteroatoms. The summed E-state index contributed by atoms with van der Waals surface area (Å²) in [5.41, 5.74) is 4.40. The van der Waals surface area contributed by atoms with E-state index in [1.54, 1.807) is 11.8 Å². The van der Waals surface area contributed by atoms with E-state index in [-0.39, 0.29) is 11.9 Å². The molecule has 1 amide bonds. The first kappa shape index (κ1) is 15.5. The summed E-state index contributed by atoms with van der Waals surface area (Å²) in [6.07, 6.45) is 4.04. The molecule has 0 radical (unpaired) electrons. The monoisotopic (exact) mass is 313 g/mol. The largest absolute Gasteiger partial charge is 0.388 e. The van der Waals surface area contributed by atoms with E-state index < -0.39 is 6.10 Å². The molecule has 1 heterocycles. The van der Waals surface area contributed by atoms with Crippen molar-refractivity contribution in [1.82, 2.24) is 5.43 Å². The van der Waals surface area contributed by atoms with E-state index in [4.69, 9.17) is 0 Å². The molecule has 1 atom stereocenters. The molecule has 1 aliphatic rings. The molecule has 0 aliphatic heterocycles. The Balaban J connectivity index is 2.26. The third kappa shape index (κ3) is 3.21. The van der Waals surface area contributed by atoms with Gasteiger partial charge in [0.25, 0.3) is 5.91 Å². The van der Waals surface area contributed by atoms with E-state index in [9.17, 15) is 9.90 Å². The summed E-state index contributed by atoms with van der Waals surface area (Å²) in [7, 11) is 0. The van der Waals surface area contributed by atoms with Gasteiger partial charge >= 0.3 is 0 Å². The van der Waals surface area contributed by atoms with Crippen LogP contribution in [0.5, 0.6) is 0 Å². The molecule has 1 aliphatic carbocycles. The lowest BCUT2D eigenvalue weighted by Gasteiger charge is -2.19. The Labute approximate surface area is 126 Å². The molecule has 1 aromatic heterocycles. The Kier molecular flexibility index (Phi) is 5.17. The number of thiophene rings is 1. The van der Waals surface area contributed by atoms with Crippen LogP contribution in [0.4, 0.5) is 0 Å². The Bertz CT molecular complexity index is 526. The average Bonchev–Trinajstić information content (AvgIpc) is 2.78. The molecule has 0 unspecified atom stereocenters. The highest BCUT2D eigenvalue weighted by Crippen LogP contribution is 2.43. The highest BCUT2D eigenvalue weighted by atomic mass is 32.2. The standard InChI is InChI=1S/C13H19N3O2S2/c1-7(2)14-16-15-12(18)11-8-5-4-6-9(17)10(8)13(19-3)20-11/h7,9,17H,4-6H2,1-3H3,(H,14,15,18)/t9-/m0/s1. The van der Waals surface area contributed by atoms with Crippen LogP contribution >= 0.6 is 23.1 Å². The van der Waals surface area contributed by atoms with Crippen molar-refractivity contribution in [1.29, 1.82) is 0 Å². The summed E-state index contributed by atoms with van der Waals surface area (Å²) in [6, 6.07) is 0.0520. The lowest BCUT2D eigenvalue weighted by Crippen LogP contribution is -2.19. The lowest BCUT2D eigenvalue weighted by molar-refractivity contribution is 0.0953.